The van der Waals surface area contributed by atoms with Gasteiger partial charge < -0.3 is 4.74 Å². The Morgan fingerprint density at radius 1 is 0.976 bits per heavy atom. The minimum absolute atomic E-state index is 0.0118. The molecule has 4 saturated carbocycles. The summed E-state index contributed by atoms with van der Waals surface area (Å²) in [5.41, 5.74) is 0.641. The second kappa shape index (κ2) is 10.0. The highest BCUT2D eigenvalue weighted by atomic mass is 32.2. The Hall–Kier alpha value is -3.66. The lowest BCUT2D eigenvalue weighted by Crippen LogP contribution is -2.51. The van der Waals surface area contributed by atoms with Gasteiger partial charge in [0.1, 0.15) is 5.69 Å². The van der Waals surface area contributed by atoms with Crippen LogP contribution >= 0.6 is 0 Å². The van der Waals surface area contributed by atoms with E-state index in [1.165, 1.54) is 42.1 Å². The Kier molecular flexibility index (Phi) is 6.71. The van der Waals surface area contributed by atoms with Gasteiger partial charge in [-0.2, -0.15) is 0 Å². The van der Waals surface area contributed by atoms with Crippen LogP contribution < -0.4 is 10.3 Å². The maximum atomic E-state index is 13.4. The number of Topliss-reactive ketones (excluding diaryl/α,β-unsaturated/α-hetero) is 1. The van der Waals surface area contributed by atoms with Crippen LogP contribution in [0.4, 0.5) is 5.69 Å². The van der Waals surface area contributed by atoms with Crippen molar-refractivity contribution in [3.8, 4) is 5.69 Å². The molecule has 4 aliphatic carbocycles. The normalized spacial score (nSPS) is 24.8. The summed E-state index contributed by atoms with van der Waals surface area (Å²) in [6.07, 6.45) is 6.30. The summed E-state index contributed by atoms with van der Waals surface area (Å²) in [6, 6.07) is 13.1. The van der Waals surface area contributed by atoms with Crippen molar-refractivity contribution in [1.29, 1.82) is 0 Å². The minimum atomic E-state index is -4.23. The second-order valence-corrected chi connectivity index (χ2v) is 13.9. The van der Waals surface area contributed by atoms with Crippen molar-refractivity contribution in [2.24, 2.45) is 30.2 Å². The number of carbonyl (C=O) groups is 2. The number of nitrogens with zero attached hydrogens (tertiary/aromatic N) is 2. The fourth-order valence-electron chi connectivity index (χ4n) is 7.68. The highest BCUT2D eigenvalue weighted by Crippen LogP contribution is 2.60. The van der Waals surface area contributed by atoms with Gasteiger partial charge in [0.25, 0.3) is 15.6 Å². The number of aromatic nitrogens is 2. The maximum Gasteiger partial charge on any atom is 0.338 e. The van der Waals surface area contributed by atoms with Gasteiger partial charge in [0.2, 0.25) is 0 Å². The number of sulfonamides is 1. The molecule has 41 heavy (non-hydrogen) atoms. The minimum Gasteiger partial charge on any atom is -0.454 e. The molecule has 0 radical (unpaired) electrons. The van der Waals surface area contributed by atoms with Gasteiger partial charge >= 0.3 is 5.97 Å². The zero-order chi connectivity index (χ0) is 29.1. The first-order chi connectivity index (χ1) is 19.5. The number of benzene rings is 2. The van der Waals surface area contributed by atoms with Crippen LogP contribution in [-0.4, -0.2) is 36.1 Å². The number of esters is 1. The van der Waals surface area contributed by atoms with E-state index in [1.54, 1.807) is 49.8 Å². The Bertz CT molecular complexity index is 1670. The molecule has 0 spiro atoms. The summed E-state index contributed by atoms with van der Waals surface area (Å²) >= 11 is 0. The molecule has 1 aromatic heterocycles. The standard InChI is InChI=1S/C31H35N3O6S/c1-19-9-10-25(41(38,39)32-28-20(2)33(3)34(29(28)36)24-7-5-4-6-8-24)14-26(19)30(37)40-18-27(35)31-15-21-11-22(16-31)13-23(12-21)17-31/h4-10,14,21-23,32H,11-13,15-18H2,1-3H3. The highest BCUT2D eigenvalue weighted by molar-refractivity contribution is 7.92. The van der Waals surface area contributed by atoms with Crippen molar-refractivity contribution in [2.75, 3.05) is 11.3 Å². The number of ether oxygens (including phenoxy) is 1. The van der Waals surface area contributed by atoms with Gasteiger partial charge in [0, 0.05) is 12.5 Å². The molecule has 7 rings (SSSR count). The molecule has 9 nitrogen and oxygen atoms in total. The van der Waals surface area contributed by atoms with Gasteiger partial charge in [-0.15, -0.1) is 0 Å². The molecule has 216 valence electrons. The maximum absolute atomic E-state index is 13.4. The first-order valence-corrected chi connectivity index (χ1v) is 15.6. The molecule has 2 aromatic carbocycles. The summed E-state index contributed by atoms with van der Waals surface area (Å²) in [5, 5.41) is 0. The van der Waals surface area contributed by atoms with Crippen molar-refractivity contribution in [3.05, 3.63) is 75.7 Å². The van der Waals surface area contributed by atoms with Crippen LogP contribution in [0.25, 0.3) is 5.69 Å². The third-order valence-corrected chi connectivity index (χ3v) is 10.8. The quantitative estimate of drug-likeness (QED) is 0.393. The average molecular weight is 578 g/mol. The molecule has 0 saturated heterocycles. The Labute approximate surface area is 239 Å². The smallest absolute Gasteiger partial charge is 0.338 e. The molecule has 4 fully saturated rings. The van der Waals surface area contributed by atoms with Crippen LogP contribution in [0.3, 0.4) is 0 Å². The monoisotopic (exact) mass is 577 g/mol. The van der Waals surface area contributed by atoms with E-state index in [1.807, 2.05) is 6.07 Å². The van der Waals surface area contributed by atoms with Crippen LogP contribution in [0.2, 0.25) is 0 Å². The van der Waals surface area contributed by atoms with E-state index >= 15 is 0 Å². The second-order valence-electron chi connectivity index (χ2n) is 12.2. The van der Waals surface area contributed by atoms with Crippen molar-refractivity contribution >= 4 is 27.5 Å². The van der Waals surface area contributed by atoms with E-state index in [0.717, 1.165) is 19.3 Å². The molecule has 1 N–H and O–H groups in total. The number of aryl methyl sites for hydroxylation is 1. The first-order valence-electron chi connectivity index (χ1n) is 14.2. The van der Waals surface area contributed by atoms with E-state index in [4.69, 9.17) is 4.74 Å². The molecule has 0 amide bonds. The number of ketones is 1. The lowest BCUT2D eigenvalue weighted by Gasteiger charge is -2.55. The Morgan fingerprint density at radius 3 is 2.20 bits per heavy atom. The summed E-state index contributed by atoms with van der Waals surface area (Å²) in [6.45, 7) is 3.03. The Morgan fingerprint density at radius 2 is 1.59 bits per heavy atom. The fourth-order valence-corrected chi connectivity index (χ4v) is 8.82. The number of nitrogens with one attached hydrogen (secondary N) is 1. The predicted octanol–water partition coefficient (Wildman–Crippen LogP) is 4.54. The van der Waals surface area contributed by atoms with Crippen LogP contribution in [-0.2, 0) is 26.6 Å². The zero-order valence-electron chi connectivity index (χ0n) is 23.6. The van der Waals surface area contributed by atoms with Crippen LogP contribution in [0.15, 0.2) is 58.2 Å². The lowest BCUT2D eigenvalue weighted by molar-refractivity contribution is -0.147. The van der Waals surface area contributed by atoms with Gasteiger partial charge in [0.15, 0.2) is 12.4 Å². The Balaban J connectivity index is 1.20. The molecule has 3 aromatic rings. The number of rotatable bonds is 8. The molecule has 4 bridgehead atoms. The van der Waals surface area contributed by atoms with Crippen molar-refractivity contribution in [2.45, 2.75) is 57.3 Å². The van der Waals surface area contributed by atoms with Gasteiger partial charge in [-0.25, -0.2) is 17.9 Å². The zero-order valence-corrected chi connectivity index (χ0v) is 24.4. The SMILES string of the molecule is Cc1ccc(S(=O)(=O)Nc2c(C)n(C)n(-c3ccccc3)c2=O)cc1C(=O)OCC(=O)C12CC3CC(CC(C3)C1)C2. The summed E-state index contributed by atoms with van der Waals surface area (Å²) in [4.78, 5) is 39.5. The van der Waals surface area contributed by atoms with E-state index in [9.17, 15) is 22.8 Å². The van der Waals surface area contributed by atoms with E-state index < -0.39 is 21.6 Å². The molecule has 10 heteroatoms. The number of para-hydroxylation sites is 1. The third-order valence-electron chi connectivity index (χ3n) is 9.49. The summed E-state index contributed by atoms with van der Waals surface area (Å²) in [5.74, 6) is 1.05. The van der Waals surface area contributed by atoms with E-state index in [2.05, 4.69) is 4.72 Å². The van der Waals surface area contributed by atoms with Gasteiger partial charge in [-0.05, 0) is 100.0 Å². The van der Waals surface area contributed by atoms with Crippen molar-refractivity contribution in [1.82, 2.24) is 9.36 Å². The van der Waals surface area contributed by atoms with Crippen LogP contribution in [0, 0.1) is 37.0 Å². The van der Waals surface area contributed by atoms with Crippen LogP contribution in [0.5, 0.6) is 0 Å². The number of anilines is 1. The van der Waals surface area contributed by atoms with E-state index in [-0.39, 0.29) is 34.0 Å². The number of carbonyl (C=O) groups excluding carboxylic acids is 2. The topological polar surface area (TPSA) is 116 Å². The highest BCUT2D eigenvalue weighted by Gasteiger charge is 2.54. The fraction of sp³-hybridized carbons (Fsp3) is 0.452. The lowest BCUT2D eigenvalue weighted by atomic mass is 9.48. The predicted molar refractivity (Wildman–Crippen MR) is 154 cm³/mol. The summed E-state index contributed by atoms with van der Waals surface area (Å²) < 4.78 is 37.7. The number of hydrogen-bond acceptors (Lipinski definition) is 6. The van der Waals surface area contributed by atoms with E-state index in [0.29, 0.717) is 34.7 Å². The van der Waals surface area contributed by atoms with Crippen molar-refractivity contribution < 1.29 is 22.7 Å². The number of hydrogen-bond donors (Lipinski definition) is 1. The molecule has 1 heterocycles. The molecule has 0 unspecified atom stereocenters. The first kappa shape index (κ1) is 27.5. The summed E-state index contributed by atoms with van der Waals surface area (Å²) in [7, 11) is -2.56. The average Bonchev–Trinajstić information content (AvgIpc) is 3.13. The molecule has 0 aliphatic heterocycles. The van der Waals surface area contributed by atoms with Crippen LogP contribution in [0.1, 0.15) is 60.1 Å². The third kappa shape index (κ3) is 4.81. The molecule has 0 atom stereocenters. The van der Waals surface area contributed by atoms with Gasteiger partial charge in [0.05, 0.1) is 21.8 Å². The molecular weight excluding hydrogens is 542 g/mol. The largest absolute Gasteiger partial charge is 0.454 e. The van der Waals surface area contributed by atoms with Crippen molar-refractivity contribution in [3.63, 3.8) is 0 Å². The molecular formula is C31H35N3O6S. The van der Waals surface area contributed by atoms with Gasteiger partial charge in [-0.1, -0.05) is 24.3 Å². The molecule has 4 aliphatic rings. The van der Waals surface area contributed by atoms with Gasteiger partial charge in [-0.3, -0.25) is 19.0 Å².